The quantitative estimate of drug-likeness (QED) is 0.601. The first-order valence-electron chi connectivity index (χ1n) is 11.5. The number of esters is 1. The zero-order valence-electron chi connectivity index (χ0n) is 19.5. The highest BCUT2D eigenvalue weighted by atomic mass is 35.5. The fourth-order valence-electron chi connectivity index (χ4n) is 4.41. The number of nitrogens with one attached hydrogen (secondary N) is 1. The van der Waals surface area contributed by atoms with Crippen LogP contribution in [0, 0.1) is 5.92 Å². The van der Waals surface area contributed by atoms with Crippen LogP contribution in [0.2, 0.25) is 5.02 Å². The Morgan fingerprint density at radius 3 is 2.42 bits per heavy atom. The second-order valence-corrected chi connectivity index (χ2v) is 11.5. The maximum absolute atomic E-state index is 13.2. The highest BCUT2D eigenvalue weighted by Crippen LogP contribution is 2.29. The SMILES string of the molecule is C[C@@H]1CN(S(=O)(=O)c2cc(C(=O)O[C@H](C)C(=O)N[C@@H]3CCCC[C@H]3C)ccc2Cl)C[C@H](C)O1. The summed E-state index contributed by atoms with van der Waals surface area (Å²) in [6.07, 6.45) is 2.65. The van der Waals surface area contributed by atoms with Crippen LogP contribution in [-0.4, -0.2) is 62.0 Å². The number of sulfonamides is 1. The third-order valence-corrected chi connectivity index (χ3v) is 8.58. The molecule has 33 heavy (non-hydrogen) atoms. The average molecular weight is 501 g/mol. The molecule has 1 aliphatic heterocycles. The van der Waals surface area contributed by atoms with Crippen molar-refractivity contribution in [3.8, 4) is 0 Å². The van der Waals surface area contributed by atoms with Crippen molar-refractivity contribution in [3.63, 3.8) is 0 Å². The van der Waals surface area contributed by atoms with E-state index in [1.807, 2.05) is 0 Å². The first kappa shape index (κ1) is 25.9. The van der Waals surface area contributed by atoms with Gasteiger partial charge in [0.05, 0.1) is 22.8 Å². The Labute approximate surface area is 201 Å². The molecule has 0 radical (unpaired) electrons. The third kappa shape index (κ3) is 6.26. The molecule has 1 aromatic carbocycles. The second-order valence-electron chi connectivity index (χ2n) is 9.15. The Morgan fingerprint density at radius 1 is 1.15 bits per heavy atom. The molecule has 1 heterocycles. The summed E-state index contributed by atoms with van der Waals surface area (Å²) >= 11 is 6.20. The lowest BCUT2D eigenvalue weighted by atomic mass is 9.86. The van der Waals surface area contributed by atoms with Gasteiger partial charge in [-0.1, -0.05) is 31.4 Å². The van der Waals surface area contributed by atoms with Crippen molar-refractivity contribution in [2.24, 2.45) is 5.92 Å². The molecular weight excluding hydrogens is 468 g/mol. The van der Waals surface area contributed by atoms with Gasteiger partial charge in [0.15, 0.2) is 6.10 Å². The molecule has 1 saturated carbocycles. The van der Waals surface area contributed by atoms with E-state index >= 15 is 0 Å². The number of carbonyl (C=O) groups is 2. The van der Waals surface area contributed by atoms with Crippen molar-refractivity contribution in [3.05, 3.63) is 28.8 Å². The van der Waals surface area contributed by atoms with E-state index in [9.17, 15) is 18.0 Å². The van der Waals surface area contributed by atoms with Crippen molar-refractivity contribution >= 4 is 33.5 Å². The molecule has 1 N–H and O–H groups in total. The molecule has 1 saturated heterocycles. The largest absolute Gasteiger partial charge is 0.449 e. The van der Waals surface area contributed by atoms with Crippen LogP contribution >= 0.6 is 11.6 Å². The van der Waals surface area contributed by atoms with Crippen molar-refractivity contribution in [1.29, 1.82) is 0 Å². The van der Waals surface area contributed by atoms with Crippen LogP contribution in [0.25, 0.3) is 0 Å². The van der Waals surface area contributed by atoms with Crippen molar-refractivity contribution < 1.29 is 27.5 Å². The number of halogens is 1. The minimum atomic E-state index is -3.95. The van der Waals surface area contributed by atoms with Gasteiger partial charge < -0.3 is 14.8 Å². The Kier molecular flexibility index (Phi) is 8.42. The number of carbonyl (C=O) groups excluding carboxylic acids is 2. The Morgan fingerprint density at radius 2 is 1.79 bits per heavy atom. The predicted molar refractivity (Wildman–Crippen MR) is 125 cm³/mol. The molecule has 8 nitrogen and oxygen atoms in total. The smallest absolute Gasteiger partial charge is 0.338 e. The molecular formula is C23H33ClN2O6S. The van der Waals surface area contributed by atoms with Gasteiger partial charge in [0.1, 0.15) is 4.90 Å². The predicted octanol–water partition coefficient (Wildman–Crippen LogP) is 3.38. The standard InChI is InChI=1S/C23H33ClN2O6S/c1-14-7-5-6-8-20(14)25-22(27)17(4)32-23(28)18-9-10-19(24)21(11-18)33(29,30)26-12-15(2)31-16(3)13-26/h9-11,14-17,20H,5-8,12-13H2,1-4H3,(H,25,27)/t14-,15-,16+,17-,20-/m1/s1. The van der Waals surface area contributed by atoms with Gasteiger partial charge in [-0.3, -0.25) is 4.79 Å². The molecule has 10 heteroatoms. The number of ether oxygens (including phenoxy) is 2. The summed E-state index contributed by atoms with van der Waals surface area (Å²) in [4.78, 5) is 25.1. The van der Waals surface area contributed by atoms with E-state index in [-0.39, 0.29) is 52.7 Å². The van der Waals surface area contributed by atoms with Crippen LogP contribution in [-0.2, 0) is 24.3 Å². The van der Waals surface area contributed by atoms with Crippen LogP contribution in [0.15, 0.2) is 23.1 Å². The summed E-state index contributed by atoms with van der Waals surface area (Å²) in [7, 11) is -3.95. The molecule has 1 amide bonds. The molecule has 0 unspecified atom stereocenters. The van der Waals surface area contributed by atoms with Gasteiger partial charge in [-0.15, -0.1) is 0 Å². The highest BCUT2D eigenvalue weighted by Gasteiger charge is 2.34. The number of amides is 1. The Bertz CT molecular complexity index is 975. The fourth-order valence-corrected chi connectivity index (χ4v) is 6.50. The first-order valence-corrected chi connectivity index (χ1v) is 13.3. The van der Waals surface area contributed by atoms with Gasteiger partial charge in [0, 0.05) is 19.1 Å². The zero-order valence-corrected chi connectivity index (χ0v) is 21.1. The highest BCUT2D eigenvalue weighted by molar-refractivity contribution is 7.89. The lowest BCUT2D eigenvalue weighted by Gasteiger charge is -2.34. The number of rotatable bonds is 6. The van der Waals surface area contributed by atoms with E-state index in [0.717, 1.165) is 25.7 Å². The summed E-state index contributed by atoms with van der Waals surface area (Å²) in [5.74, 6) is -0.772. The van der Waals surface area contributed by atoms with E-state index in [2.05, 4.69) is 12.2 Å². The minimum absolute atomic E-state index is 0.00965. The number of benzene rings is 1. The molecule has 2 fully saturated rings. The number of hydrogen-bond acceptors (Lipinski definition) is 6. The molecule has 0 spiro atoms. The van der Waals surface area contributed by atoms with E-state index < -0.39 is 22.1 Å². The van der Waals surface area contributed by atoms with Crippen LogP contribution in [0.5, 0.6) is 0 Å². The van der Waals surface area contributed by atoms with E-state index in [1.165, 1.54) is 29.4 Å². The number of nitrogens with zero attached hydrogens (tertiary/aromatic N) is 1. The summed E-state index contributed by atoms with van der Waals surface area (Å²) in [5, 5.41) is 2.98. The molecule has 3 rings (SSSR count). The number of morpholine rings is 1. The Hall–Kier alpha value is -1.68. The van der Waals surface area contributed by atoms with E-state index in [0.29, 0.717) is 5.92 Å². The third-order valence-electron chi connectivity index (χ3n) is 6.26. The van der Waals surface area contributed by atoms with Gasteiger partial charge in [-0.25, -0.2) is 13.2 Å². The molecule has 0 aromatic heterocycles. The molecule has 1 aromatic rings. The second kappa shape index (κ2) is 10.7. The minimum Gasteiger partial charge on any atom is -0.449 e. The number of hydrogen-bond donors (Lipinski definition) is 1. The lowest BCUT2D eigenvalue weighted by molar-refractivity contribution is -0.130. The van der Waals surface area contributed by atoms with Crippen molar-refractivity contribution in [2.45, 2.75) is 82.6 Å². The van der Waals surface area contributed by atoms with Gasteiger partial charge in [0.25, 0.3) is 5.91 Å². The van der Waals surface area contributed by atoms with Crippen LogP contribution < -0.4 is 5.32 Å². The van der Waals surface area contributed by atoms with Crippen molar-refractivity contribution in [2.75, 3.05) is 13.1 Å². The zero-order chi connectivity index (χ0) is 24.3. The summed E-state index contributed by atoms with van der Waals surface area (Å²) in [6.45, 7) is 7.59. The molecule has 5 atom stereocenters. The Balaban J connectivity index is 1.71. The van der Waals surface area contributed by atoms with E-state index in [1.54, 1.807) is 13.8 Å². The van der Waals surface area contributed by atoms with Gasteiger partial charge in [0.2, 0.25) is 10.0 Å². The monoisotopic (exact) mass is 500 g/mol. The molecule has 0 bridgehead atoms. The topological polar surface area (TPSA) is 102 Å². The molecule has 2 aliphatic rings. The normalized spacial score (nSPS) is 27.5. The average Bonchev–Trinajstić information content (AvgIpc) is 2.74. The van der Waals surface area contributed by atoms with Gasteiger partial charge in [-0.2, -0.15) is 4.31 Å². The van der Waals surface area contributed by atoms with Crippen molar-refractivity contribution in [1.82, 2.24) is 9.62 Å². The summed E-state index contributed by atoms with van der Waals surface area (Å²) < 4.78 is 38.7. The summed E-state index contributed by atoms with van der Waals surface area (Å²) in [6, 6.07) is 4.02. The van der Waals surface area contributed by atoms with Crippen LogP contribution in [0.3, 0.4) is 0 Å². The van der Waals surface area contributed by atoms with E-state index in [4.69, 9.17) is 21.1 Å². The maximum atomic E-state index is 13.2. The fraction of sp³-hybridized carbons (Fsp3) is 0.652. The molecule has 184 valence electrons. The first-order chi connectivity index (χ1) is 15.5. The van der Waals surface area contributed by atoms with Crippen LogP contribution in [0.1, 0.15) is 63.7 Å². The summed E-state index contributed by atoms with van der Waals surface area (Å²) in [5.41, 5.74) is 0.0121. The lowest BCUT2D eigenvalue weighted by Crippen LogP contribution is -2.48. The van der Waals surface area contributed by atoms with Gasteiger partial charge in [-0.05, 0) is 57.7 Å². The molecule has 1 aliphatic carbocycles. The van der Waals surface area contributed by atoms with Crippen LogP contribution in [0.4, 0.5) is 0 Å². The van der Waals surface area contributed by atoms with Gasteiger partial charge >= 0.3 is 5.97 Å². The maximum Gasteiger partial charge on any atom is 0.338 e.